The summed E-state index contributed by atoms with van der Waals surface area (Å²) in [5.74, 6) is -0.236. The molecule has 23 heavy (non-hydrogen) atoms. The van der Waals surface area contributed by atoms with Crippen LogP contribution < -0.4 is 10.0 Å². The highest BCUT2D eigenvalue weighted by atomic mass is 32.2. The van der Waals surface area contributed by atoms with E-state index in [1.807, 2.05) is 19.1 Å². The van der Waals surface area contributed by atoms with Gasteiger partial charge in [0.15, 0.2) is 0 Å². The van der Waals surface area contributed by atoms with Gasteiger partial charge in [0.2, 0.25) is 0 Å². The monoisotopic (exact) mass is 330 g/mol. The second kappa shape index (κ2) is 6.04. The Labute approximate surface area is 135 Å². The average Bonchev–Trinajstić information content (AvgIpc) is 3.33. The first-order valence-corrected chi connectivity index (χ1v) is 8.93. The molecule has 1 aliphatic rings. The molecule has 5 nitrogen and oxygen atoms in total. The van der Waals surface area contributed by atoms with Crippen molar-refractivity contribution in [2.45, 2.75) is 30.7 Å². The predicted molar refractivity (Wildman–Crippen MR) is 88.9 cm³/mol. The van der Waals surface area contributed by atoms with Gasteiger partial charge in [0.25, 0.3) is 15.9 Å². The number of benzene rings is 2. The molecule has 2 N–H and O–H groups in total. The molecule has 2 aromatic rings. The smallest absolute Gasteiger partial charge is 0.261 e. The lowest BCUT2D eigenvalue weighted by Crippen LogP contribution is -2.25. The fourth-order valence-corrected chi connectivity index (χ4v) is 3.24. The number of hydrogen-bond donors (Lipinski definition) is 2. The lowest BCUT2D eigenvalue weighted by Gasteiger charge is -2.10. The number of aryl methyl sites for hydroxylation is 1. The minimum atomic E-state index is -3.73. The summed E-state index contributed by atoms with van der Waals surface area (Å²) in [6.07, 6.45) is 1.97. The molecule has 120 valence electrons. The maximum absolute atomic E-state index is 12.5. The predicted octanol–water partition coefficient (Wildman–Crippen LogP) is 2.69. The Morgan fingerprint density at radius 2 is 1.78 bits per heavy atom. The maximum atomic E-state index is 12.5. The quantitative estimate of drug-likeness (QED) is 0.885. The average molecular weight is 330 g/mol. The fourth-order valence-electron chi connectivity index (χ4n) is 2.14. The van der Waals surface area contributed by atoms with E-state index >= 15 is 0 Å². The molecule has 1 fully saturated rings. The number of anilines is 1. The van der Waals surface area contributed by atoms with Crippen molar-refractivity contribution in [3.05, 3.63) is 59.7 Å². The molecule has 6 heteroatoms. The molecule has 1 aliphatic carbocycles. The van der Waals surface area contributed by atoms with Crippen LogP contribution in [0, 0.1) is 6.92 Å². The Kier molecular flexibility index (Phi) is 4.09. The summed E-state index contributed by atoms with van der Waals surface area (Å²) in [7, 11) is -3.73. The van der Waals surface area contributed by atoms with Crippen molar-refractivity contribution >= 4 is 21.6 Å². The summed E-state index contributed by atoms with van der Waals surface area (Å²) in [4.78, 5) is 12.1. The van der Waals surface area contributed by atoms with E-state index in [1.54, 1.807) is 24.3 Å². The van der Waals surface area contributed by atoms with Crippen molar-refractivity contribution < 1.29 is 13.2 Å². The number of nitrogens with one attached hydrogen (secondary N) is 2. The number of rotatable bonds is 5. The van der Waals surface area contributed by atoms with Crippen molar-refractivity contribution in [1.29, 1.82) is 0 Å². The fraction of sp³-hybridized carbons (Fsp3) is 0.235. The molecular weight excluding hydrogens is 312 g/mol. The van der Waals surface area contributed by atoms with Crippen LogP contribution in [0.5, 0.6) is 0 Å². The molecule has 0 heterocycles. The molecule has 1 amide bonds. The normalized spacial score (nSPS) is 14.3. The summed E-state index contributed by atoms with van der Waals surface area (Å²) in [5.41, 5.74) is 1.89. The van der Waals surface area contributed by atoms with Crippen LogP contribution in [0.1, 0.15) is 28.8 Å². The Balaban J connectivity index is 1.81. The zero-order valence-electron chi connectivity index (χ0n) is 12.7. The second-order valence-corrected chi connectivity index (χ2v) is 7.43. The standard InChI is InChI=1S/C17H18N2O3S/c1-12-5-7-15(8-6-12)19-23(21,22)16-4-2-3-13(11-16)17(20)18-14-9-10-14/h2-8,11,14,19H,9-10H2,1H3,(H,18,20). The number of carbonyl (C=O) groups is 1. The first-order valence-electron chi connectivity index (χ1n) is 7.44. The van der Waals surface area contributed by atoms with Gasteiger partial charge >= 0.3 is 0 Å². The van der Waals surface area contributed by atoms with Crippen LogP contribution in [0.2, 0.25) is 0 Å². The maximum Gasteiger partial charge on any atom is 0.261 e. The molecule has 0 bridgehead atoms. The molecule has 0 aliphatic heterocycles. The lowest BCUT2D eigenvalue weighted by atomic mass is 10.2. The third kappa shape index (κ3) is 3.90. The van der Waals surface area contributed by atoms with Gasteiger partial charge in [-0.15, -0.1) is 0 Å². The van der Waals surface area contributed by atoms with Gasteiger partial charge in [0, 0.05) is 17.3 Å². The van der Waals surface area contributed by atoms with Crippen LogP contribution in [0.3, 0.4) is 0 Å². The van der Waals surface area contributed by atoms with Gasteiger partial charge in [-0.1, -0.05) is 23.8 Å². The van der Waals surface area contributed by atoms with Crippen molar-refractivity contribution in [3.63, 3.8) is 0 Å². The van der Waals surface area contributed by atoms with E-state index in [0.29, 0.717) is 11.3 Å². The molecule has 0 aromatic heterocycles. The number of hydrogen-bond acceptors (Lipinski definition) is 3. The van der Waals surface area contributed by atoms with Crippen LogP contribution in [0.15, 0.2) is 53.4 Å². The van der Waals surface area contributed by atoms with Gasteiger partial charge in [0.05, 0.1) is 4.90 Å². The summed E-state index contributed by atoms with van der Waals surface area (Å²) >= 11 is 0. The number of carbonyl (C=O) groups excluding carboxylic acids is 1. The molecule has 0 atom stereocenters. The molecule has 0 radical (unpaired) electrons. The van der Waals surface area contributed by atoms with E-state index in [4.69, 9.17) is 0 Å². The van der Waals surface area contributed by atoms with Crippen molar-refractivity contribution in [2.75, 3.05) is 4.72 Å². The third-order valence-electron chi connectivity index (χ3n) is 3.62. The van der Waals surface area contributed by atoms with E-state index in [1.165, 1.54) is 12.1 Å². The van der Waals surface area contributed by atoms with Crippen molar-refractivity contribution in [1.82, 2.24) is 5.32 Å². The third-order valence-corrected chi connectivity index (χ3v) is 5.00. The molecule has 3 rings (SSSR count). The summed E-state index contributed by atoms with van der Waals surface area (Å²) < 4.78 is 27.4. The van der Waals surface area contributed by atoms with Gasteiger partial charge < -0.3 is 5.32 Å². The van der Waals surface area contributed by atoms with Crippen molar-refractivity contribution in [3.8, 4) is 0 Å². The van der Waals surface area contributed by atoms with Gasteiger partial charge in [-0.2, -0.15) is 0 Å². The molecule has 1 saturated carbocycles. The minimum Gasteiger partial charge on any atom is -0.349 e. The Morgan fingerprint density at radius 3 is 2.43 bits per heavy atom. The highest BCUT2D eigenvalue weighted by Crippen LogP contribution is 2.21. The molecule has 0 unspecified atom stereocenters. The summed E-state index contributed by atoms with van der Waals surface area (Å²) in [6, 6.07) is 13.4. The zero-order valence-corrected chi connectivity index (χ0v) is 13.6. The van der Waals surface area contributed by atoms with E-state index in [-0.39, 0.29) is 16.8 Å². The summed E-state index contributed by atoms with van der Waals surface area (Å²) in [6.45, 7) is 1.93. The van der Waals surface area contributed by atoms with Crippen LogP contribution in [-0.2, 0) is 10.0 Å². The van der Waals surface area contributed by atoms with E-state index in [2.05, 4.69) is 10.0 Å². The topological polar surface area (TPSA) is 75.3 Å². The zero-order chi connectivity index (χ0) is 16.4. The molecule has 0 spiro atoms. The highest BCUT2D eigenvalue weighted by molar-refractivity contribution is 7.92. The SMILES string of the molecule is Cc1ccc(NS(=O)(=O)c2cccc(C(=O)NC3CC3)c2)cc1. The van der Waals surface area contributed by atoms with E-state index in [9.17, 15) is 13.2 Å². The van der Waals surface area contributed by atoms with Crippen LogP contribution in [0.4, 0.5) is 5.69 Å². The first kappa shape index (κ1) is 15.6. The summed E-state index contributed by atoms with van der Waals surface area (Å²) in [5, 5.41) is 2.85. The number of sulfonamides is 1. The Bertz CT molecular complexity index is 825. The lowest BCUT2D eigenvalue weighted by molar-refractivity contribution is 0.0951. The molecule has 0 saturated heterocycles. The van der Waals surface area contributed by atoms with E-state index in [0.717, 1.165) is 18.4 Å². The first-order chi connectivity index (χ1) is 10.9. The van der Waals surface area contributed by atoms with Gasteiger partial charge in [-0.25, -0.2) is 8.42 Å². The van der Waals surface area contributed by atoms with Gasteiger partial charge in [-0.3, -0.25) is 9.52 Å². The Morgan fingerprint density at radius 1 is 1.09 bits per heavy atom. The second-order valence-electron chi connectivity index (χ2n) is 5.75. The Hall–Kier alpha value is -2.34. The molecular formula is C17H18N2O3S. The van der Waals surface area contributed by atoms with Gasteiger partial charge in [-0.05, 0) is 50.1 Å². The minimum absolute atomic E-state index is 0.0709. The van der Waals surface area contributed by atoms with E-state index < -0.39 is 10.0 Å². The van der Waals surface area contributed by atoms with Crippen LogP contribution >= 0.6 is 0 Å². The largest absolute Gasteiger partial charge is 0.349 e. The van der Waals surface area contributed by atoms with Crippen LogP contribution in [0.25, 0.3) is 0 Å². The highest BCUT2D eigenvalue weighted by Gasteiger charge is 2.24. The van der Waals surface area contributed by atoms with Crippen LogP contribution in [-0.4, -0.2) is 20.4 Å². The van der Waals surface area contributed by atoms with Gasteiger partial charge in [0.1, 0.15) is 0 Å². The number of amides is 1. The van der Waals surface area contributed by atoms with Crippen molar-refractivity contribution in [2.24, 2.45) is 0 Å². The molecule has 2 aromatic carbocycles.